The first kappa shape index (κ1) is 19.7. The maximum Gasteiger partial charge on any atom is 0.219 e. The first-order valence-corrected chi connectivity index (χ1v) is 10.8. The average molecular weight is 356 g/mol. The zero-order valence-electron chi connectivity index (χ0n) is 15.6. The molecule has 0 bridgehead atoms. The second-order valence-electron chi connectivity index (χ2n) is 6.93. The summed E-state index contributed by atoms with van der Waals surface area (Å²) in [5.41, 5.74) is 4.96. The van der Waals surface area contributed by atoms with E-state index in [4.69, 9.17) is 0 Å². The van der Waals surface area contributed by atoms with E-state index in [1.807, 2.05) is 39.0 Å². The van der Waals surface area contributed by atoms with E-state index < -0.39 is 7.80 Å². The number of aryl methyl sites for hydroxylation is 4. The Morgan fingerprint density at radius 3 is 2.12 bits per heavy atom. The minimum Gasteiger partial charge on any atom is -0.318 e. The highest BCUT2D eigenvalue weighted by molar-refractivity contribution is 7.64. The third kappa shape index (κ3) is 5.97. The van der Waals surface area contributed by atoms with Crippen molar-refractivity contribution in [3.05, 3.63) is 70.3 Å². The fourth-order valence-electron chi connectivity index (χ4n) is 3.40. The summed E-state index contributed by atoms with van der Waals surface area (Å²) in [6, 6.07) is 14.5. The normalized spacial score (nSPS) is 12.1. The van der Waals surface area contributed by atoms with Crippen LogP contribution in [0.2, 0.25) is 0 Å². The van der Waals surface area contributed by atoms with Crippen LogP contribution in [0.3, 0.4) is 0 Å². The predicted octanol–water partition coefficient (Wildman–Crippen LogP) is 6.11. The Bertz CT molecular complexity index is 712. The molecule has 0 aromatic heterocycles. The Balaban J connectivity index is 1.74. The second-order valence-corrected chi connectivity index (χ2v) is 8.73. The van der Waals surface area contributed by atoms with Crippen molar-refractivity contribution in [2.75, 3.05) is 6.16 Å². The van der Waals surface area contributed by atoms with Crippen molar-refractivity contribution in [3.8, 4) is 0 Å². The third-order valence-corrected chi connectivity index (χ3v) is 6.18. The molecule has 0 amide bonds. The van der Waals surface area contributed by atoms with Gasteiger partial charge in [-0.15, -0.1) is 0 Å². The Morgan fingerprint density at radius 2 is 1.48 bits per heavy atom. The number of carbonyl (C=O) groups is 1. The number of hydrogen-bond acceptors (Lipinski definition) is 2. The largest absolute Gasteiger partial charge is 0.318 e. The molecule has 0 saturated carbocycles. The zero-order valence-corrected chi connectivity index (χ0v) is 16.6. The van der Waals surface area contributed by atoms with Gasteiger partial charge < -0.3 is 4.57 Å². The van der Waals surface area contributed by atoms with Crippen molar-refractivity contribution in [2.24, 2.45) is 0 Å². The first-order valence-electron chi connectivity index (χ1n) is 9.18. The summed E-state index contributed by atoms with van der Waals surface area (Å²) in [6.45, 7) is 5.89. The van der Waals surface area contributed by atoms with Gasteiger partial charge in [-0.1, -0.05) is 60.9 Å². The highest BCUT2D eigenvalue weighted by Crippen LogP contribution is 2.32. The average Bonchev–Trinajstić information content (AvgIpc) is 2.57. The van der Waals surface area contributed by atoms with Crippen molar-refractivity contribution in [2.45, 2.75) is 52.9 Å². The van der Waals surface area contributed by atoms with Crippen LogP contribution in [0, 0.1) is 20.8 Å². The molecular weight excluding hydrogens is 327 g/mol. The summed E-state index contributed by atoms with van der Waals surface area (Å²) in [6.07, 6.45) is 5.83. The lowest BCUT2D eigenvalue weighted by Gasteiger charge is -2.10. The van der Waals surface area contributed by atoms with Crippen molar-refractivity contribution in [3.63, 3.8) is 0 Å². The molecule has 0 N–H and O–H groups in total. The van der Waals surface area contributed by atoms with E-state index in [1.54, 1.807) is 0 Å². The Labute approximate surface area is 152 Å². The maximum absolute atomic E-state index is 12.5. The molecule has 0 aliphatic carbocycles. The summed E-state index contributed by atoms with van der Waals surface area (Å²) >= 11 is 0. The summed E-state index contributed by atoms with van der Waals surface area (Å²) in [5, 5.41) is 0. The molecule has 0 aliphatic rings. The van der Waals surface area contributed by atoms with Crippen LogP contribution in [0.15, 0.2) is 42.5 Å². The lowest BCUT2D eigenvalue weighted by atomic mass is 10.0. The zero-order chi connectivity index (χ0) is 18.2. The Kier molecular flexibility index (Phi) is 7.65. The van der Waals surface area contributed by atoms with Gasteiger partial charge in [-0.05, 0) is 56.7 Å². The monoisotopic (exact) mass is 356 g/mol. The van der Waals surface area contributed by atoms with E-state index in [0.29, 0.717) is 11.7 Å². The highest BCUT2D eigenvalue weighted by atomic mass is 31.1. The summed E-state index contributed by atoms with van der Waals surface area (Å²) < 4.78 is 12.4. The second kappa shape index (κ2) is 9.73. The number of rotatable bonds is 9. The summed E-state index contributed by atoms with van der Waals surface area (Å²) in [7, 11) is -2.20. The molecule has 0 fully saturated rings. The molecule has 3 heteroatoms. The minimum absolute atomic E-state index is 0.135. The molecule has 0 spiro atoms. The van der Waals surface area contributed by atoms with E-state index in [0.717, 1.165) is 48.8 Å². The van der Waals surface area contributed by atoms with Crippen molar-refractivity contribution >= 4 is 13.3 Å². The van der Waals surface area contributed by atoms with Crippen molar-refractivity contribution in [1.82, 2.24) is 0 Å². The smallest absolute Gasteiger partial charge is 0.219 e. The first-order chi connectivity index (χ1) is 12.0. The van der Waals surface area contributed by atoms with Crippen LogP contribution in [0.25, 0.3) is 0 Å². The van der Waals surface area contributed by atoms with Crippen LogP contribution in [0.1, 0.15) is 58.3 Å². The molecule has 134 valence electrons. The molecule has 25 heavy (non-hydrogen) atoms. The summed E-state index contributed by atoms with van der Waals surface area (Å²) in [4.78, 5) is 12.5. The molecule has 2 aromatic carbocycles. The van der Waals surface area contributed by atoms with Crippen LogP contribution >= 0.6 is 7.80 Å². The Hall–Kier alpha value is -1.66. The van der Waals surface area contributed by atoms with Gasteiger partial charge in [0.05, 0.1) is 0 Å². The minimum atomic E-state index is -2.20. The lowest BCUT2D eigenvalue weighted by Crippen LogP contribution is -2.02. The Morgan fingerprint density at radius 1 is 0.880 bits per heavy atom. The van der Waals surface area contributed by atoms with Crippen molar-refractivity contribution < 1.29 is 9.36 Å². The molecule has 0 saturated heterocycles. The molecule has 2 rings (SSSR count). The number of unbranched alkanes of at least 4 members (excludes halogenated alkanes) is 3. The van der Waals surface area contributed by atoms with Crippen LogP contribution in [0.5, 0.6) is 0 Å². The van der Waals surface area contributed by atoms with E-state index in [2.05, 4.69) is 24.3 Å². The lowest BCUT2D eigenvalue weighted by molar-refractivity contribution is 0.107. The van der Waals surface area contributed by atoms with E-state index >= 15 is 0 Å². The molecule has 1 atom stereocenters. The van der Waals surface area contributed by atoms with Crippen LogP contribution in [-0.4, -0.2) is 11.7 Å². The topological polar surface area (TPSA) is 34.1 Å². The molecular formula is C22H29O2P. The van der Waals surface area contributed by atoms with E-state index in [-0.39, 0.29) is 5.52 Å². The van der Waals surface area contributed by atoms with Gasteiger partial charge in [0.25, 0.3) is 0 Å². The van der Waals surface area contributed by atoms with E-state index in [1.165, 1.54) is 5.56 Å². The SMILES string of the molecule is Cc1cc(C)c(C(=O)[PH](=O)CCCCCCc2ccccc2)c(C)c1. The third-order valence-electron chi connectivity index (χ3n) is 4.62. The van der Waals surface area contributed by atoms with Crippen LogP contribution in [0.4, 0.5) is 0 Å². The number of hydrogen-bond donors (Lipinski definition) is 0. The summed E-state index contributed by atoms with van der Waals surface area (Å²) in [5.74, 6) is 0. The molecule has 1 unspecified atom stereocenters. The molecule has 0 radical (unpaired) electrons. The molecule has 2 aromatic rings. The van der Waals surface area contributed by atoms with Crippen LogP contribution < -0.4 is 0 Å². The fraction of sp³-hybridized carbons (Fsp3) is 0.409. The van der Waals surface area contributed by atoms with Gasteiger partial charge in [-0.3, -0.25) is 4.79 Å². The van der Waals surface area contributed by atoms with Crippen molar-refractivity contribution in [1.29, 1.82) is 0 Å². The standard InChI is InChI=1S/C22H29O2P/c1-17-15-18(2)21(19(3)16-17)22(23)25(24)14-10-5-4-7-11-20-12-8-6-9-13-20/h6,8-9,12-13,15-16,25H,4-5,7,10-11,14H2,1-3H3. The molecule has 0 heterocycles. The quantitative estimate of drug-likeness (QED) is 0.401. The number of carbonyl (C=O) groups excluding carboxylic acids is 1. The maximum atomic E-state index is 12.5. The fourth-order valence-corrected chi connectivity index (χ4v) is 4.88. The van der Waals surface area contributed by atoms with Gasteiger partial charge in [0.15, 0.2) is 0 Å². The van der Waals surface area contributed by atoms with Gasteiger partial charge in [-0.25, -0.2) is 0 Å². The van der Waals surface area contributed by atoms with Gasteiger partial charge in [0, 0.05) is 11.7 Å². The van der Waals surface area contributed by atoms with Gasteiger partial charge in [0.1, 0.15) is 7.80 Å². The molecule has 2 nitrogen and oxygen atoms in total. The van der Waals surface area contributed by atoms with E-state index in [9.17, 15) is 9.36 Å². The van der Waals surface area contributed by atoms with Gasteiger partial charge in [-0.2, -0.15) is 0 Å². The number of benzene rings is 2. The van der Waals surface area contributed by atoms with Gasteiger partial charge >= 0.3 is 0 Å². The van der Waals surface area contributed by atoms with Gasteiger partial charge in [0.2, 0.25) is 5.52 Å². The van der Waals surface area contributed by atoms with Crippen LogP contribution in [-0.2, 0) is 11.0 Å². The molecule has 0 aliphatic heterocycles. The highest BCUT2D eigenvalue weighted by Gasteiger charge is 2.18. The predicted molar refractivity (Wildman–Crippen MR) is 107 cm³/mol.